The molecular formula is C15H21FN2O. The molecule has 0 bridgehead atoms. The SMILES string of the molecule is CCC1CCCCC1Nc1cc(C(N)=O)ccc1F. The molecular weight excluding hydrogens is 243 g/mol. The smallest absolute Gasteiger partial charge is 0.248 e. The molecule has 19 heavy (non-hydrogen) atoms. The summed E-state index contributed by atoms with van der Waals surface area (Å²) >= 11 is 0. The summed E-state index contributed by atoms with van der Waals surface area (Å²) in [6, 6.07) is 4.52. The number of benzene rings is 1. The Hall–Kier alpha value is -1.58. The van der Waals surface area contributed by atoms with E-state index in [2.05, 4.69) is 12.2 Å². The summed E-state index contributed by atoms with van der Waals surface area (Å²) in [5, 5.41) is 3.26. The zero-order valence-electron chi connectivity index (χ0n) is 11.3. The number of carbonyl (C=O) groups excluding carboxylic acids is 1. The number of amides is 1. The molecule has 104 valence electrons. The van der Waals surface area contributed by atoms with Crippen LogP contribution in [0.25, 0.3) is 0 Å². The monoisotopic (exact) mass is 264 g/mol. The first kappa shape index (κ1) is 13.8. The molecule has 0 saturated heterocycles. The van der Waals surface area contributed by atoms with Crippen molar-refractivity contribution in [3.05, 3.63) is 29.6 Å². The molecule has 2 rings (SSSR count). The minimum Gasteiger partial charge on any atom is -0.380 e. The van der Waals surface area contributed by atoms with E-state index in [0.717, 1.165) is 12.8 Å². The summed E-state index contributed by atoms with van der Waals surface area (Å²) in [6.45, 7) is 2.17. The van der Waals surface area contributed by atoms with Crippen molar-refractivity contribution >= 4 is 11.6 Å². The third-order valence-corrected chi connectivity index (χ3v) is 4.03. The lowest BCUT2D eigenvalue weighted by Crippen LogP contribution is -2.32. The van der Waals surface area contributed by atoms with Crippen LogP contribution < -0.4 is 11.1 Å². The standard InChI is InChI=1S/C15H21FN2O/c1-2-10-5-3-4-6-13(10)18-14-9-11(15(17)19)7-8-12(14)16/h7-10,13,18H,2-6H2,1H3,(H2,17,19). The molecule has 0 aromatic heterocycles. The van der Waals surface area contributed by atoms with Gasteiger partial charge < -0.3 is 11.1 Å². The number of carbonyl (C=O) groups is 1. The Bertz CT molecular complexity index is 461. The molecule has 0 aliphatic heterocycles. The van der Waals surface area contributed by atoms with Gasteiger partial charge in [0.05, 0.1) is 5.69 Å². The Morgan fingerprint density at radius 1 is 1.42 bits per heavy atom. The Morgan fingerprint density at radius 3 is 2.84 bits per heavy atom. The molecule has 1 amide bonds. The first-order valence-corrected chi connectivity index (χ1v) is 6.97. The van der Waals surface area contributed by atoms with Crippen LogP contribution in [0.2, 0.25) is 0 Å². The van der Waals surface area contributed by atoms with Gasteiger partial charge in [0.25, 0.3) is 0 Å². The first-order valence-electron chi connectivity index (χ1n) is 6.97. The summed E-state index contributed by atoms with van der Waals surface area (Å²) in [5.74, 6) is -0.283. The van der Waals surface area contributed by atoms with Crippen molar-refractivity contribution in [3.8, 4) is 0 Å². The average Bonchev–Trinajstić information content (AvgIpc) is 2.41. The lowest BCUT2D eigenvalue weighted by molar-refractivity contribution is 0.100. The lowest BCUT2D eigenvalue weighted by Gasteiger charge is -2.32. The third-order valence-electron chi connectivity index (χ3n) is 4.03. The Balaban J connectivity index is 2.17. The van der Waals surface area contributed by atoms with Crippen LogP contribution in [0.4, 0.5) is 10.1 Å². The molecule has 1 aliphatic rings. The third kappa shape index (κ3) is 3.25. The topological polar surface area (TPSA) is 55.1 Å². The zero-order chi connectivity index (χ0) is 13.8. The molecule has 1 fully saturated rings. The van der Waals surface area contributed by atoms with Crippen molar-refractivity contribution < 1.29 is 9.18 Å². The predicted molar refractivity (Wildman–Crippen MR) is 74.6 cm³/mol. The van der Waals surface area contributed by atoms with Crippen LogP contribution in [-0.2, 0) is 0 Å². The molecule has 3 N–H and O–H groups in total. The number of nitrogens with one attached hydrogen (secondary N) is 1. The van der Waals surface area contributed by atoms with Crippen LogP contribution in [0, 0.1) is 11.7 Å². The van der Waals surface area contributed by atoms with Crippen LogP contribution in [0.15, 0.2) is 18.2 Å². The van der Waals surface area contributed by atoms with E-state index in [1.54, 1.807) is 0 Å². The van der Waals surface area contributed by atoms with Crippen LogP contribution in [0.1, 0.15) is 49.4 Å². The molecule has 1 aromatic carbocycles. The molecule has 4 heteroatoms. The number of primary amides is 1. The fourth-order valence-corrected chi connectivity index (χ4v) is 2.88. The predicted octanol–water partition coefficient (Wildman–Crippen LogP) is 3.31. The maximum absolute atomic E-state index is 13.8. The fraction of sp³-hybridized carbons (Fsp3) is 0.533. The van der Waals surface area contributed by atoms with Crippen molar-refractivity contribution in [2.45, 2.75) is 45.1 Å². The van der Waals surface area contributed by atoms with Gasteiger partial charge in [-0.05, 0) is 37.0 Å². The maximum Gasteiger partial charge on any atom is 0.248 e. The molecule has 2 unspecified atom stereocenters. The highest BCUT2D eigenvalue weighted by molar-refractivity contribution is 5.93. The highest BCUT2D eigenvalue weighted by Crippen LogP contribution is 2.30. The highest BCUT2D eigenvalue weighted by atomic mass is 19.1. The van der Waals surface area contributed by atoms with Crippen LogP contribution in [-0.4, -0.2) is 11.9 Å². The summed E-state index contributed by atoms with van der Waals surface area (Å²) in [6.07, 6.45) is 5.75. The molecule has 2 atom stereocenters. The summed E-state index contributed by atoms with van der Waals surface area (Å²) in [4.78, 5) is 11.1. The Labute approximate surface area is 113 Å². The van der Waals surface area contributed by atoms with E-state index in [1.165, 1.54) is 37.5 Å². The minimum absolute atomic E-state index is 0.288. The van der Waals surface area contributed by atoms with E-state index in [-0.39, 0.29) is 11.9 Å². The van der Waals surface area contributed by atoms with Crippen molar-refractivity contribution in [2.75, 3.05) is 5.32 Å². The molecule has 1 saturated carbocycles. The van der Waals surface area contributed by atoms with E-state index >= 15 is 0 Å². The van der Waals surface area contributed by atoms with E-state index in [4.69, 9.17) is 5.73 Å². The second-order valence-corrected chi connectivity index (χ2v) is 5.26. The summed E-state index contributed by atoms with van der Waals surface area (Å²) in [5.41, 5.74) is 5.96. The van der Waals surface area contributed by atoms with Crippen LogP contribution >= 0.6 is 0 Å². The van der Waals surface area contributed by atoms with Gasteiger partial charge in [-0.15, -0.1) is 0 Å². The molecule has 0 heterocycles. The normalized spacial score (nSPS) is 23.1. The van der Waals surface area contributed by atoms with Gasteiger partial charge in [-0.3, -0.25) is 4.79 Å². The van der Waals surface area contributed by atoms with Gasteiger partial charge in [0.2, 0.25) is 5.91 Å². The molecule has 3 nitrogen and oxygen atoms in total. The average molecular weight is 264 g/mol. The zero-order valence-corrected chi connectivity index (χ0v) is 11.3. The van der Waals surface area contributed by atoms with E-state index < -0.39 is 5.91 Å². The Morgan fingerprint density at radius 2 is 2.16 bits per heavy atom. The molecule has 0 spiro atoms. The van der Waals surface area contributed by atoms with Crippen molar-refractivity contribution in [3.63, 3.8) is 0 Å². The number of anilines is 1. The van der Waals surface area contributed by atoms with Gasteiger partial charge in [0, 0.05) is 11.6 Å². The molecule has 1 aromatic rings. The fourth-order valence-electron chi connectivity index (χ4n) is 2.88. The van der Waals surface area contributed by atoms with Crippen molar-refractivity contribution in [2.24, 2.45) is 11.7 Å². The van der Waals surface area contributed by atoms with Gasteiger partial charge in [-0.25, -0.2) is 4.39 Å². The first-order chi connectivity index (χ1) is 9.11. The van der Waals surface area contributed by atoms with E-state index in [1.807, 2.05) is 0 Å². The van der Waals surface area contributed by atoms with Gasteiger partial charge in [-0.2, -0.15) is 0 Å². The van der Waals surface area contributed by atoms with Gasteiger partial charge >= 0.3 is 0 Å². The number of rotatable bonds is 4. The minimum atomic E-state index is -0.529. The lowest BCUT2D eigenvalue weighted by atomic mass is 9.83. The summed E-state index contributed by atoms with van der Waals surface area (Å²) < 4.78 is 13.8. The van der Waals surface area contributed by atoms with E-state index in [0.29, 0.717) is 17.2 Å². The van der Waals surface area contributed by atoms with Crippen LogP contribution in [0.3, 0.4) is 0 Å². The van der Waals surface area contributed by atoms with Crippen LogP contribution in [0.5, 0.6) is 0 Å². The van der Waals surface area contributed by atoms with Crippen molar-refractivity contribution in [1.82, 2.24) is 0 Å². The van der Waals surface area contributed by atoms with Gasteiger partial charge in [0.1, 0.15) is 5.82 Å². The maximum atomic E-state index is 13.8. The Kier molecular flexibility index (Phi) is 4.40. The second kappa shape index (κ2) is 6.04. The number of halogens is 1. The second-order valence-electron chi connectivity index (χ2n) is 5.26. The largest absolute Gasteiger partial charge is 0.380 e. The number of hydrogen-bond acceptors (Lipinski definition) is 2. The van der Waals surface area contributed by atoms with E-state index in [9.17, 15) is 9.18 Å². The highest BCUT2D eigenvalue weighted by Gasteiger charge is 2.24. The number of nitrogens with two attached hydrogens (primary N) is 1. The number of hydrogen-bond donors (Lipinski definition) is 2. The molecule has 0 radical (unpaired) electrons. The van der Waals surface area contributed by atoms with Crippen molar-refractivity contribution in [1.29, 1.82) is 0 Å². The quantitative estimate of drug-likeness (QED) is 0.876. The molecule has 1 aliphatic carbocycles. The van der Waals surface area contributed by atoms with Gasteiger partial charge in [-0.1, -0.05) is 26.2 Å². The summed E-state index contributed by atoms with van der Waals surface area (Å²) in [7, 11) is 0. The van der Waals surface area contributed by atoms with Gasteiger partial charge in [0.15, 0.2) is 0 Å².